The number of nitrogens with one attached hydrogen (secondary N) is 1. The number of rotatable bonds is 5. The van der Waals surface area contributed by atoms with Crippen LogP contribution in [0.5, 0.6) is 5.75 Å². The molecule has 0 unspecified atom stereocenters. The van der Waals surface area contributed by atoms with Gasteiger partial charge in [-0.1, -0.05) is 24.3 Å². The van der Waals surface area contributed by atoms with E-state index in [2.05, 4.69) is 10.1 Å². The fourth-order valence-electron chi connectivity index (χ4n) is 2.13. The molecule has 0 aromatic heterocycles. The lowest BCUT2D eigenvalue weighted by atomic mass is 10.1. The Morgan fingerprint density at radius 2 is 1.96 bits per heavy atom. The monoisotopic (exact) mass is 316 g/mol. The number of hydrogen-bond acceptors (Lipinski definition) is 3. The minimum absolute atomic E-state index is 0.0149. The smallest absolute Gasteiger partial charge is 0.387 e. The van der Waals surface area contributed by atoms with Crippen LogP contribution < -0.4 is 10.1 Å². The SMILES string of the molecule is C[C@H](NC(=O)c1cccc(C#N)c1)c1ccccc1OC(F)F. The standard InChI is InChI=1S/C17H14F2N2O2/c1-11(14-7-2-3-8-15(14)23-17(18)19)21-16(22)13-6-4-5-12(9-13)10-20/h2-9,11,17H,1H3,(H,21,22)/t11-/m0/s1. The first-order valence-corrected chi connectivity index (χ1v) is 6.86. The minimum atomic E-state index is -2.94. The van der Waals surface area contributed by atoms with E-state index in [1.165, 1.54) is 12.1 Å². The van der Waals surface area contributed by atoms with Crippen molar-refractivity contribution in [2.45, 2.75) is 19.6 Å². The fraction of sp³-hybridized carbons (Fsp3) is 0.176. The molecule has 0 bridgehead atoms. The van der Waals surface area contributed by atoms with E-state index in [0.717, 1.165) is 0 Å². The lowest BCUT2D eigenvalue weighted by molar-refractivity contribution is -0.0506. The Labute approximate surface area is 132 Å². The molecule has 4 nitrogen and oxygen atoms in total. The molecule has 2 aromatic carbocycles. The number of para-hydroxylation sites is 1. The maximum atomic E-state index is 12.4. The Morgan fingerprint density at radius 1 is 1.22 bits per heavy atom. The molecule has 1 amide bonds. The molecule has 0 saturated heterocycles. The maximum Gasteiger partial charge on any atom is 0.387 e. The molecule has 0 aliphatic carbocycles. The molecule has 0 radical (unpaired) electrons. The summed E-state index contributed by atoms with van der Waals surface area (Å²) in [7, 11) is 0. The summed E-state index contributed by atoms with van der Waals surface area (Å²) >= 11 is 0. The number of alkyl halides is 2. The Balaban J connectivity index is 2.17. The van der Waals surface area contributed by atoms with Gasteiger partial charge in [0.25, 0.3) is 5.91 Å². The molecule has 0 heterocycles. The van der Waals surface area contributed by atoms with Crippen LogP contribution in [0.1, 0.15) is 34.5 Å². The van der Waals surface area contributed by atoms with Gasteiger partial charge in [-0.2, -0.15) is 14.0 Å². The summed E-state index contributed by atoms with van der Waals surface area (Å²) in [6.07, 6.45) is 0. The minimum Gasteiger partial charge on any atom is -0.434 e. The number of nitriles is 1. The van der Waals surface area contributed by atoms with Crippen LogP contribution in [-0.4, -0.2) is 12.5 Å². The molecule has 23 heavy (non-hydrogen) atoms. The topological polar surface area (TPSA) is 62.1 Å². The third-order valence-corrected chi connectivity index (χ3v) is 3.20. The average Bonchev–Trinajstić information content (AvgIpc) is 2.54. The van der Waals surface area contributed by atoms with Gasteiger partial charge in [0.05, 0.1) is 17.7 Å². The van der Waals surface area contributed by atoms with Crippen molar-refractivity contribution < 1.29 is 18.3 Å². The highest BCUT2D eigenvalue weighted by atomic mass is 19.3. The van der Waals surface area contributed by atoms with E-state index in [1.54, 1.807) is 43.3 Å². The molecule has 1 N–H and O–H groups in total. The van der Waals surface area contributed by atoms with Crippen LogP contribution in [0.25, 0.3) is 0 Å². The summed E-state index contributed by atoms with van der Waals surface area (Å²) in [5.74, 6) is -0.387. The highest BCUT2D eigenvalue weighted by molar-refractivity contribution is 5.94. The summed E-state index contributed by atoms with van der Waals surface area (Å²) in [5, 5.41) is 11.6. The molecule has 6 heteroatoms. The molecular weight excluding hydrogens is 302 g/mol. The molecule has 0 saturated carbocycles. The molecule has 1 atom stereocenters. The molecule has 0 aliphatic rings. The quantitative estimate of drug-likeness (QED) is 0.916. The lowest BCUT2D eigenvalue weighted by Gasteiger charge is -2.18. The molecule has 0 aliphatic heterocycles. The predicted molar refractivity (Wildman–Crippen MR) is 80.1 cm³/mol. The van der Waals surface area contributed by atoms with E-state index in [9.17, 15) is 13.6 Å². The summed E-state index contributed by atoms with van der Waals surface area (Å²) in [6.45, 7) is -1.27. The first-order valence-electron chi connectivity index (χ1n) is 6.86. The van der Waals surface area contributed by atoms with Gasteiger partial charge in [0.15, 0.2) is 0 Å². The van der Waals surface area contributed by atoms with Crippen LogP contribution in [0.3, 0.4) is 0 Å². The maximum absolute atomic E-state index is 12.4. The lowest BCUT2D eigenvalue weighted by Crippen LogP contribution is -2.27. The second-order valence-corrected chi connectivity index (χ2v) is 4.80. The van der Waals surface area contributed by atoms with E-state index in [4.69, 9.17) is 5.26 Å². The summed E-state index contributed by atoms with van der Waals surface area (Å²) < 4.78 is 29.3. The van der Waals surface area contributed by atoms with Crippen molar-refractivity contribution in [1.82, 2.24) is 5.32 Å². The van der Waals surface area contributed by atoms with Crippen molar-refractivity contribution in [3.05, 3.63) is 65.2 Å². The van der Waals surface area contributed by atoms with Crippen molar-refractivity contribution in [3.63, 3.8) is 0 Å². The second-order valence-electron chi connectivity index (χ2n) is 4.80. The highest BCUT2D eigenvalue weighted by Gasteiger charge is 2.17. The van der Waals surface area contributed by atoms with E-state index < -0.39 is 18.6 Å². The van der Waals surface area contributed by atoms with Gasteiger partial charge in [0.2, 0.25) is 0 Å². The van der Waals surface area contributed by atoms with Crippen molar-refractivity contribution in [1.29, 1.82) is 5.26 Å². The third kappa shape index (κ3) is 4.27. The number of carbonyl (C=O) groups is 1. The van der Waals surface area contributed by atoms with Crippen LogP contribution >= 0.6 is 0 Å². The number of benzene rings is 2. The Morgan fingerprint density at radius 3 is 2.65 bits per heavy atom. The van der Waals surface area contributed by atoms with Crippen molar-refractivity contribution >= 4 is 5.91 Å². The summed E-state index contributed by atoms with van der Waals surface area (Å²) in [4.78, 5) is 12.2. The number of ether oxygens (including phenoxy) is 1. The number of halogens is 2. The van der Waals surface area contributed by atoms with Crippen LogP contribution in [0.4, 0.5) is 8.78 Å². The van der Waals surface area contributed by atoms with Crippen LogP contribution in [0, 0.1) is 11.3 Å². The zero-order valence-corrected chi connectivity index (χ0v) is 12.3. The zero-order valence-electron chi connectivity index (χ0n) is 12.3. The van der Waals surface area contributed by atoms with E-state index >= 15 is 0 Å². The largest absolute Gasteiger partial charge is 0.434 e. The van der Waals surface area contributed by atoms with Gasteiger partial charge < -0.3 is 10.1 Å². The third-order valence-electron chi connectivity index (χ3n) is 3.20. The van der Waals surface area contributed by atoms with Crippen LogP contribution in [0.2, 0.25) is 0 Å². The van der Waals surface area contributed by atoms with Gasteiger partial charge >= 0.3 is 6.61 Å². The van der Waals surface area contributed by atoms with Crippen molar-refractivity contribution in [2.24, 2.45) is 0 Å². The zero-order chi connectivity index (χ0) is 16.8. The van der Waals surface area contributed by atoms with Gasteiger partial charge in [-0.15, -0.1) is 0 Å². The van der Waals surface area contributed by atoms with E-state index in [-0.39, 0.29) is 5.75 Å². The van der Waals surface area contributed by atoms with Gasteiger partial charge in [-0.3, -0.25) is 4.79 Å². The fourth-order valence-corrected chi connectivity index (χ4v) is 2.13. The first kappa shape index (κ1) is 16.4. The summed E-state index contributed by atoms with van der Waals surface area (Å²) in [6, 6.07) is 13.9. The highest BCUT2D eigenvalue weighted by Crippen LogP contribution is 2.26. The number of carbonyl (C=O) groups excluding carboxylic acids is 1. The molecule has 2 aromatic rings. The molecular formula is C17H14F2N2O2. The van der Waals surface area contributed by atoms with Crippen LogP contribution in [0.15, 0.2) is 48.5 Å². The van der Waals surface area contributed by atoms with Crippen LogP contribution in [-0.2, 0) is 0 Å². The van der Waals surface area contributed by atoms with E-state index in [1.807, 2.05) is 6.07 Å². The normalized spacial score (nSPS) is 11.6. The Kier molecular flexibility index (Phi) is 5.26. The number of amides is 1. The molecule has 2 rings (SSSR count). The number of hydrogen-bond donors (Lipinski definition) is 1. The Bertz CT molecular complexity index is 741. The molecule has 0 fully saturated rings. The molecule has 0 spiro atoms. The van der Waals surface area contributed by atoms with Gasteiger partial charge in [0.1, 0.15) is 5.75 Å². The van der Waals surface area contributed by atoms with Gasteiger partial charge in [-0.05, 0) is 31.2 Å². The van der Waals surface area contributed by atoms with Gasteiger partial charge in [0, 0.05) is 11.1 Å². The average molecular weight is 316 g/mol. The predicted octanol–water partition coefficient (Wildman–Crippen LogP) is 3.65. The summed E-state index contributed by atoms with van der Waals surface area (Å²) in [5.41, 5.74) is 1.13. The second kappa shape index (κ2) is 7.36. The molecule has 118 valence electrons. The van der Waals surface area contributed by atoms with Crippen molar-refractivity contribution in [2.75, 3.05) is 0 Å². The first-order chi connectivity index (χ1) is 11.0. The van der Waals surface area contributed by atoms with E-state index in [0.29, 0.717) is 16.7 Å². The van der Waals surface area contributed by atoms with Gasteiger partial charge in [-0.25, -0.2) is 0 Å². The number of nitrogens with zero attached hydrogens (tertiary/aromatic N) is 1. The Hall–Kier alpha value is -2.94. The van der Waals surface area contributed by atoms with Crippen molar-refractivity contribution in [3.8, 4) is 11.8 Å².